The Morgan fingerprint density at radius 1 is 1.16 bits per heavy atom. The van der Waals surface area contributed by atoms with Crippen LogP contribution in [0.25, 0.3) is 0 Å². The van der Waals surface area contributed by atoms with E-state index in [0.717, 1.165) is 31.5 Å². The second kappa shape index (κ2) is 8.12. The topological polar surface area (TPSA) is 46.2 Å². The van der Waals surface area contributed by atoms with Crippen LogP contribution in [0, 0.1) is 6.92 Å². The molecule has 0 atom stereocenters. The molecule has 0 aromatic heterocycles. The fourth-order valence-electron chi connectivity index (χ4n) is 1.61. The Balaban J connectivity index is 2.44. The van der Waals surface area contributed by atoms with Gasteiger partial charge >= 0.3 is 0 Å². The highest BCUT2D eigenvalue weighted by Crippen LogP contribution is 2.13. The van der Waals surface area contributed by atoms with Gasteiger partial charge in [0.05, 0.1) is 4.90 Å². The van der Waals surface area contributed by atoms with Crippen molar-refractivity contribution in [1.82, 2.24) is 5.32 Å². The molecule has 1 aromatic carbocycles. The lowest BCUT2D eigenvalue weighted by atomic mass is 10.2. The Kier molecular flexibility index (Phi) is 6.81. The van der Waals surface area contributed by atoms with Crippen molar-refractivity contribution in [3.8, 4) is 0 Å². The van der Waals surface area contributed by atoms with Crippen LogP contribution in [-0.4, -0.2) is 21.5 Å². The molecule has 0 saturated carbocycles. The van der Waals surface area contributed by atoms with E-state index in [1.807, 2.05) is 19.1 Å². The summed E-state index contributed by atoms with van der Waals surface area (Å²) in [5.41, 5.74) is 1.06. The SMILES string of the molecule is CCCCNCCC=CS(=O)(=O)c1ccc(C)cc1. The third kappa shape index (κ3) is 6.03. The molecule has 0 aliphatic carbocycles. The standard InChI is InChI=1S/C15H23NO2S/c1-3-4-11-16-12-5-6-13-19(17,18)15-9-7-14(2)8-10-15/h6-10,13,16H,3-5,11-12H2,1-2H3. The molecule has 1 rings (SSSR count). The number of benzene rings is 1. The van der Waals surface area contributed by atoms with Crippen LogP contribution in [0.1, 0.15) is 31.7 Å². The van der Waals surface area contributed by atoms with E-state index < -0.39 is 9.84 Å². The average Bonchev–Trinajstić information content (AvgIpc) is 2.38. The number of unbranched alkanes of at least 4 members (excludes halogenated alkanes) is 1. The van der Waals surface area contributed by atoms with Crippen LogP contribution in [0.15, 0.2) is 40.6 Å². The smallest absolute Gasteiger partial charge is 0.199 e. The van der Waals surface area contributed by atoms with Gasteiger partial charge in [0.25, 0.3) is 0 Å². The van der Waals surface area contributed by atoms with Crippen LogP contribution in [0.3, 0.4) is 0 Å². The van der Waals surface area contributed by atoms with Crippen molar-refractivity contribution < 1.29 is 8.42 Å². The molecule has 0 radical (unpaired) electrons. The van der Waals surface area contributed by atoms with Crippen molar-refractivity contribution in [2.24, 2.45) is 0 Å². The Labute approximate surface area is 116 Å². The van der Waals surface area contributed by atoms with Crippen LogP contribution < -0.4 is 5.32 Å². The first-order valence-corrected chi connectivity index (χ1v) is 8.30. The predicted molar refractivity (Wildman–Crippen MR) is 79.9 cm³/mol. The van der Waals surface area contributed by atoms with Gasteiger partial charge in [0.15, 0.2) is 9.84 Å². The molecule has 3 nitrogen and oxygen atoms in total. The zero-order valence-corrected chi connectivity index (χ0v) is 12.5. The summed E-state index contributed by atoms with van der Waals surface area (Å²) in [6, 6.07) is 6.92. The molecule has 0 unspecified atom stereocenters. The van der Waals surface area contributed by atoms with Gasteiger partial charge in [-0.25, -0.2) is 8.42 Å². The lowest BCUT2D eigenvalue weighted by Gasteiger charge is -2.01. The minimum atomic E-state index is -3.28. The molecule has 0 aliphatic heterocycles. The van der Waals surface area contributed by atoms with E-state index in [-0.39, 0.29) is 0 Å². The number of nitrogens with one attached hydrogen (secondary N) is 1. The molecule has 19 heavy (non-hydrogen) atoms. The third-order valence-electron chi connectivity index (χ3n) is 2.82. The molecule has 0 spiro atoms. The summed E-state index contributed by atoms with van der Waals surface area (Å²) in [6.07, 6.45) is 4.78. The lowest BCUT2D eigenvalue weighted by molar-refractivity contribution is 0.604. The predicted octanol–water partition coefficient (Wildman–Crippen LogP) is 3.06. The van der Waals surface area contributed by atoms with Gasteiger partial charge in [-0.15, -0.1) is 0 Å². The Morgan fingerprint density at radius 3 is 2.47 bits per heavy atom. The molecule has 1 aromatic rings. The maximum Gasteiger partial charge on any atom is 0.199 e. The Hall–Kier alpha value is -1.13. The van der Waals surface area contributed by atoms with Gasteiger partial charge in [-0.3, -0.25) is 0 Å². The second-order valence-electron chi connectivity index (χ2n) is 4.62. The zero-order chi connectivity index (χ0) is 14.1. The first-order valence-electron chi connectivity index (χ1n) is 6.75. The molecule has 0 fully saturated rings. The van der Waals surface area contributed by atoms with Crippen molar-refractivity contribution in [1.29, 1.82) is 0 Å². The van der Waals surface area contributed by atoms with Crippen molar-refractivity contribution in [3.05, 3.63) is 41.3 Å². The van der Waals surface area contributed by atoms with E-state index in [0.29, 0.717) is 4.90 Å². The molecule has 0 bridgehead atoms. The van der Waals surface area contributed by atoms with Crippen LogP contribution in [-0.2, 0) is 9.84 Å². The van der Waals surface area contributed by atoms with Crippen LogP contribution in [0.4, 0.5) is 0 Å². The number of hydrogen-bond acceptors (Lipinski definition) is 3. The van der Waals surface area contributed by atoms with E-state index in [4.69, 9.17) is 0 Å². The van der Waals surface area contributed by atoms with Gasteiger partial charge < -0.3 is 5.32 Å². The van der Waals surface area contributed by atoms with Gasteiger partial charge in [0.2, 0.25) is 0 Å². The molecule has 106 valence electrons. The second-order valence-corrected chi connectivity index (χ2v) is 6.46. The highest BCUT2D eigenvalue weighted by molar-refractivity contribution is 7.94. The minimum Gasteiger partial charge on any atom is -0.316 e. The summed E-state index contributed by atoms with van der Waals surface area (Å²) < 4.78 is 23.9. The zero-order valence-electron chi connectivity index (χ0n) is 11.7. The fourth-order valence-corrected chi connectivity index (χ4v) is 2.68. The molecule has 0 aliphatic rings. The van der Waals surface area contributed by atoms with Crippen LogP contribution in [0.2, 0.25) is 0 Å². The maximum absolute atomic E-state index is 12.0. The molecular formula is C15H23NO2S. The molecule has 0 heterocycles. The lowest BCUT2D eigenvalue weighted by Crippen LogP contribution is -2.15. The average molecular weight is 281 g/mol. The number of sulfone groups is 1. The van der Waals surface area contributed by atoms with E-state index in [2.05, 4.69) is 12.2 Å². The van der Waals surface area contributed by atoms with E-state index in [1.54, 1.807) is 18.2 Å². The van der Waals surface area contributed by atoms with Crippen LogP contribution >= 0.6 is 0 Å². The molecule has 0 amide bonds. The normalized spacial score (nSPS) is 12.1. The first-order chi connectivity index (χ1) is 9.06. The van der Waals surface area contributed by atoms with E-state index in [1.165, 1.54) is 11.8 Å². The Bertz CT molecular complexity index is 489. The van der Waals surface area contributed by atoms with Crippen molar-refractivity contribution >= 4 is 9.84 Å². The molecule has 4 heteroatoms. The van der Waals surface area contributed by atoms with Gasteiger partial charge in [-0.2, -0.15) is 0 Å². The highest BCUT2D eigenvalue weighted by atomic mass is 32.2. The maximum atomic E-state index is 12.0. The summed E-state index contributed by atoms with van der Waals surface area (Å²) in [5.74, 6) is 0. The fraction of sp³-hybridized carbons (Fsp3) is 0.467. The quantitative estimate of drug-likeness (QED) is 0.745. The minimum absolute atomic E-state index is 0.355. The van der Waals surface area contributed by atoms with Gasteiger partial charge in [-0.1, -0.05) is 37.1 Å². The van der Waals surface area contributed by atoms with Gasteiger partial charge in [-0.05, 0) is 45.0 Å². The van der Waals surface area contributed by atoms with Crippen molar-refractivity contribution in [2.75, 3.05) is 13.1 Å². The van der Waals surface area contributed by atoms with Crippen molar-refractivity contribution in [3.63, 3.8) is 0 Å². The Morgan fingerprint density at radius 2 is 1.84 bits per heavy atom. The summed E-state index contributed by atoms with van der Waals surface area (Å²) in [6.45, 7) is 5.90. The van der Waals surface area contributed by atoms with Crippen LogP contribution in [0.5, 0.6) is 0 Å². The van der Waals surface area contributed by atoms with Gasteiger partial charge in [0.1, 0.15) is 0 Å². The number of rotatable bonds is 8. The van der Waals surface area contributed by atoms with Gasteiger partial charge in [0, 0.05) is 5.41 Å². The monoisotopic (exact) mass is 281 g/mol. The molecule has 0 saturated heterocycles. The van der Waals surface area contributed by atoms with Crippen molar-refractivity contribution in [2.45, 2.75) is 38.0 Å². The molecule has 1 N–H and O–H groups in total. The summed E-state index contributed by atoms with van der Waals surface area (Å²) >= 11 is 0. The molecular weight excluding hydrogens is 258 g/mol. The first kappa shape index (κ1) is 15.9. The highest BCUT2D eigenvalue weighted by Gasteiger charge is 2.08. The summed E-state index contributed by atoms with van der Waals surface area (Å²) in [5, 5.41) is 4.58. The third-order valence-corrected chi connectivity index (χ3v) is 4.30. The number of hydrogen-bond donors (Lipinski definition) is 1. The largest absolute Gasteiger partial charge is 0.316 e. The number of aryl methyl sites for hydroxylation is 1. The summed E-state index contributed by atoms with van der Waals surface area (Å²) in [7, 11) is -3.28. The van der Waals surface area contributed by atoms with E-state index >= 15 is 0 Å². The van der Waals surface area contributed by atoms with E-state index in [9.17, 15) is 8.42 Å². The summed E-state index contributed by atoms with van der Waals surface area (Å²) in [4.78, 5) is 0.355.